The number of rotatable bonds is 4. The molecule has 190 valence electrons. The van der Waals surface area contributed by atoms with Crippen LogP contribution in [0.1, 0.15) is 12.5 Å². The summed E-state index contributed by atoms with van der Waals surface area (Å²) in [5.74, 6) is 0. The molecule has 0 radical (unpaired) electrons. The van der Waals surface area contributed by atoms with E-state index in [1.54, 1.807) is 0 Å². The predicted molar refractivity (Wildman–Crippen MR) is 174 cm³/mol. The van der Waals surface area contributed by atoms with Gasteiger partial charge in [-0.2, -0.15) is 0 Å². The first kappa shape index (κ1) is 23.1. The van der Waals surface area contributed by atoms with E-state index in [-0.39, 0.29) is 0 Å². The zero-order valence-corrected chi connectivity index (χ0v) is 22.9. The Morgan fingerprint density at radius 3 is 1.75 bits per heavy atom. The van der Waals surface area contributed by atoms with Crippen molar-refractivity contribution in [3.05, 3.63) is 139 Å². The largest absolute Gasteiger partial charge is 0.314 e. The Bertz CT molecular complexity index is 2230. The lowest BCUT2D eigenvalue weighted by atomic mass is 10.1. The van der Waals surface area contributed by atoms with E-state index in [1.165, 1.54) is 69.8 Å². The van der Waals surface area contributed by atoms with E-state index in [1.807, 2.05) is 18.3 Å². The SMILES string of the molecule is C/C=C\C=C/c1cn(-c2cccc3c2sc2c(-n4c5ccccc5c5ccccc54)cccc23)c2ccccc12. The molecule has 0 spiro atoms. The molecule has 3 heteroatoms. The fraction of sp³-hybridized carbons (Fsp3) is 0.0270. The minimum Gasteiger partial charge on any atom is -0.314 e. The first-order chi connectivity index (χ1) is 19.8. The van der Waals surface area contributed by atoms with Gasteiger partial charge >= 0.3 is 0 Å². The highest BCUT2D eigenvalue weighted by Crippen LogP contribution is 2.43. The first-order valence-electron chi connectivity index (χ1n) is 13.7. The molecule has 3 aromatic heterocycles. The maximum Gasteiger partial charge on any atom is 0.0640 e. The van der Waals surface area contributed by atoms with Crippen LogP contribution in [0.2, 0.25) is 0 Å². The first-order valence-corrected chi connectivity index (χ1v) is 14.5. The van der Waals surface area contributed by atoms with Crippen molar-refractivity contribution in [2.24, 2.45) is 0 Å². The third-order valence-electron chi connectivity index (χ3n) is 7.89. The van der Waals surface area contributed by atoms with Gasteiger partial charge in [-0.1, -0.05) is 103 Å². The lowest BCUT2D eigenvalue weighted by Crippen LogP contribution is -1.93. The number of aromatic nitrogens is 2. The van der Waals surface area contributed by atoms with Crippen LogP contribution in [0.25, 0.3) is 70.3 Å². The van der Waals surface area contributed by atoms with Crippen LogP contribution in [0, 0.1) is 0 Å². The zero-order chi connectivity index (χ0) is 26.6. The van der Waals surface area contributed by atoms with Gasteiger partial charge in [-0.15, -0.1) is 11.3 Å². The van der Waals surface area contributed by atoms with Gasteiger partial charge in [0.2, 0.25) is 0 Å². The maximum atomic E-state index is 2.44. The summed E-state index contributed by atoms with van der Waals surface area (Å²) in [6, 6.07) is 39.6. The van der Waals surface area contributed by atoms with Gasteiger partial charge in [-0.05, 0) is 37.3 Å². The van der Waals surface area contributed by atoms with Gasteiger partial charge in [0.15, 0.2) is 0 Å². The molecule has 0 aliphatic heterocycles. The Labute approximate surface area is 236 Å². The summed E-state index contributed by atoms with van der Waals surface area (Å²) in [6.07, 6.45) is 10.7. The third-order valence-corrected chi connectivity index (χ3v) is 9.15. The Morgan fingerprint density at radius 1 is 0.525 bits per heavy atom. The number of thiophene rings is 1. The highest BCUT2D eigenvalue weighted by Gasteiger charge is 2.18. The molecule has 3 heterocycles. The summed E-state index contributed by atoms with van der Waals surface area (Å²) < 4.78 is 7.41. The molecule has 0 bridgehead atoms. The molecule has 0 amide bonds. The molecule has 0 saturated carbocycles. The Morgan fingerprint density at radius 2 is 1.07 bits per heavy atom. The molecular formula is C37H26N2S. The van der Waals surface area contributed by atoms with Gasteiger partial charge in [0.05, 0.1) is 37.3 Å². The quantitative estimate of drug-likeness (QED) is 0.200. The lowest BCUT2D eigenvalue weighted by molar-refractivity contribution is 1.14. The minimum atomic E-state index is 1.22. The second-order valence-corrected chi connectivity index (χ2v) is 11.2. The van der Waals surface area contributed by atoms with Crippen molar-refractivity contribution in [2.45, 2.75) is 6.92 Å². The summed E-state index contributed by atoms with van der Waals surface area (Å²) >= 11 is 1.89. The Kier molecular flexibility index (Phi) is 5.26. The number of hydrogen-bond acceptors (Lipinski definition) is 1. The minimum absolute atomic E-state index is 1.22. The van der Waals surface area contributed by atoms with E-state index in [4.69, 9.17) is 0 Å². The Hall–Kier alpha value is -4.86. The molecule has 2 nitrogen and oxygen atoms in total. The summed E-state index contributed by atoms with van der Waals surface area (Å²) in [4.78, 5) is 0. The average molecular weight is 531 g/mol. The molecule has 0 N–H and O–H groups in total. The van der Waals surface area contributed by atoms with Crippen molar-refractivity contribution in [3.8, 4) is 11.4 Å². The molecule has 0 aliphatic carbocycles. The predicted octanol–water partition coefficient (Wildman–Crippen LogP) is 10.7. The van der Waals surface area contributed by atoms with Gasteiger partial charge in [-0.3, -0.25) is 0 Å². The lowest BCUT2D eigenvalue weighted by Gasteiger charge is -2.09. The summed E-state index contributed by atoms with van der Waals surface area (Å²) in [7, 11) is 0. The van der Waals surface area contributed by atoms with Crippen LogP contribution in [0.5, 0.6) is 0 Å². The highest BCUT2D eigenvalue weighted by molar-refractivity contribution is 7.26. The van der Waals surface area contributed by atoms with Crippen molar-refractivity contribution >= 4 is 70.3 Å². The van der Waals surface area contributed by atoms with E-state index in [2.05, 4.69) is 149 Å². The fourth-order valence-corrected chi connectivity index (χ4v) is 7.46. The van der Waals surface area contributed by atoms with Gasteiger partial charge in [0, 0.05) is 38.7 Å². The number of allylic oxidation sites excluding steroid dienone is 3. The van der Waals surface area contributed by atoms with E-state index in [0.29, 0.717) is 0 Å². The summed E-state index contributed by atoms with van der Waals surface area (Å²) in [5, 5.41) is 6.42. The van der Waals surface area contributed by atoms with Crippen LogP contribution in [-0.2, 0) is 0 Å². The van der Waals surface area contributed by atoms with Gasteiger partial charge in [-0.25, -0.2) is 0 Å². The van der Waals surface area contributed by atoms with E-state index in [9.17, 15) is 0 Å². The molecule has 0 unspecified atom stereocenters. The van der Waals surface area contributed by atoms with Crippen LogP contribution in [0.15, 0.2) is 134 Å². The third kappa shape index (κ3) is 3.35. The van der Waals surface area contributed by atoms with Crippen molar-refractivity contribution in [1.29, 1.82) is 0 Å². The smallest absolute Gasteiger partial charge is 0.0640 e. The Balaban J connectivity index is 1.42. The maximum absolute atomic E-state index is 2.44. The summed E-state index contributed by atoms with van der Waals surface area (Å²) in [5.41, 5.74) is 7.36. The van der Waals surface area contributed by atoms with Crippen molar-refractivity contribution in [2.75, 3.05) is 0 Å². The number of hydrogen-bond donors (Lipinski definition) is 0. The molecule has 8 aromatic rings. The molecule has 40 heavy (non-hydrogen) atoms. The van der Waals surface area contributed by atoms with Crippen molar-refractivity contribution in [3.63, 3.8) is 0 Å². The van der Waals surface area contributed by atoms with Crippen molar-refractivity contribution < 1.29 is 0 Å². The van der Waals surface area contributed by atoms with Crippen LogP contribution < -0.4 is 0 Å². The highest BCUT2D eigenvalue weighted by atomic mass is 32.1. The average Bonchev–Trinajstić information content (AvgIpc) is 3.67. The van der Waals surface area contributed by atoms with Gasteiger partial charge in [0.1, 0.15) is 0 Å². The standard InChI is InChI=1S/C37H26N2S/c1-2-3-4-13-25-24-38(31-19-8-5-14-26(25)31)34-22-11-17-29-30-18-12-23-35(37(30)40-36(29)34)39-32-20-9-6-15-27(32)28-16-7-10-21-33(28)39/h2-24H,1H3/b3-2-,13-4-. The molecular weight excluding hydrogens is 504 g/mol. The monoisotopic (exact) mass is 530 g/mol. The molecule has 8 rings (SSSR count). The molecule has 5 aromatic carbocycles. The van der Waals surface area contributed by atoms with Crippen LogP contribution in [0.4, 0.5) is 0 Å². The second kappa shape index (κ2) is 9.11. The molecule has 0 fully saturated rings. The van der Waals surface area contributed by atoms with Gasteiger partial charge < -0.3 is 9.13 Å². The number of para-hydroxylation sites is 3. The number of benzene rings is 5. The van der Waals surface area contributed by atoms with E-state index < -0.39 is 0 Å². The van der Waals surface area contributed by atoms with Crippen LogP contribution in [0.3, 0.4) is 0 Å². The molecule has 0 atom stereocenters. The zero-order valence-electron chi connectivity index (χ0n) is 22.1. The van der Waals surface area contributed by atoms with E-state index >= 15 is 0 Å². The van der Waals surface area contributed by atoms with Gasteiger partial charge in [0.25, 0.3) is 0 Å². The van der Waals surface area contributed by atoms with Crippen LogP contribution in [-0.4, -0.2) is 9.13 Å². The second-order valence-electron chi connectivity index (χ2n) is 10.1. The topological polar surface area (TPSA) is 9.86 Å². The summed E-state index contributed by atoms with van der Waals surface area (Å²) in [6.45, 7) is 2.05. The number of nitrogens with zero attached hydrogens (tertiary/aromatic N) is 2. The molecule has 0 saturated heterocycles. The molecule has 0 aliphatic rings. The normalized spacial score (nSPS) is 12.4. The van der Waals surface area contributed by atoms with E-state index in [0.717, 1.165) is 0 Å². The van der Waals surface area contributed by atoms with Crippen molar-refractivity contribution in [1.82, 2.24) is 9.13 Å². The fourth-order valence-electron chi connectivity index (χ4n) is 6.15. The van der Waals surface area contributed by atoms with Crippen LogP contribution >= 0.6 is 11.3 Å². The number of fused-ring (bicyclic) bond motifs is 7.